The molecular weight excluding hydrogens is 294 g/mol. The lowest BCUT2D eigenvalue weighted by Crippen LogP contribution is -2.37. The van der Waals surface area contributed by atoms with Crippen molar-refractivity contribution < 1.29 is 14.6 Å². The smallest absolute Gasteiger partial charge is 0.188 e. The first-order valence-corrected chi connectivity index (χ1v) is 7.95. The van der Waals surface area contributed by atoms with Crippen LogP contribution in [0.2, 0.25) is 0 Å². The number of nitrogens with one attached hydrogen (secondary N) is 1. The molecule has 6 heteroatoms. The molecule has 0 aliphatic carbocycles. The Balaban J connectivity index is 2.50. The number of hydrogen-bond donors (Lipinski definition) is 3. The molecule has 0 spiro atoms. The van der Waals surface area contributed by atoms with E-state index in [0.29, 0.717) is 43.4 Å². The maximum absolute atomic E-state index is 10.2. The van der Waals surface area contributed by atoms with Crippen molar-refractivity contribution in [3.8, 4) is 11.5 Å². The van der Waals surface area contributed by atoms with Crippen molar-refractivity contribution in [2.24, 2.45) is 10.7 Å². The summed E-state index contributed by atoms with van der Waals surface area (Å²) in [5, 5.41) is 13.2. The molecule has 23 heavy (non-hydrogen) atoms. The van der Waals surface area contributed by atoms with Crippen molar-refractivity contribution in [3.05, 3.63) is 23.8 Å². The van der Waals surface area contributed by atoms with Crippen LogP contribution in [0.3, 0.4) is 0 Å². The van der Waals surface area contributed by atoms with Crippen molar-refractivity contribution in [1.82, 2.24) is 5.32 Å². The average Bonchev–Trinajstić information content (AvgIpc) is 2.59. The summed E-state index contributed by atoms with van der Waals surface area (Å²) in [4.78, 5) is 4.22. The van der Waals surface area contributed by atoms with Gasteiger partial charge in [0.25, 0.3) is 0 Å². The molecule has 0 aliphatic rings. The van der Waals surface area contributed by atoms with Crippen LogP contribution in [0.15, 0.2) is 23.2 Å². The number of hydrogen-bond acceptors (Lipinski definition) is 4. The highest BCUT2D eigenvalue weighted by molar-refractivity contribution is 5.77. The van der Waals surface area contributed by atoms with Gasteiger partial charge in [-0.1, -0.05) is 19.9 Å². The van der Waals surface area contributed by atoms with E-state index in [9.17, 15) is 5.11 Å². The van der Waals surface area contributed by atoms with E-state index in [1.807, 2.05) is 32.0 Å². The molecule has 0 fully saturated rings. The largest absolute Gasteiger partial charge is 0.493 e. The maximum atomic E-state index is 10.2. The van der Waals surface area contributed by atoms with Crippen molar-refractivity contribution in [3.63, 3.8) is 0 Å². The third-order valence-corrected chi connectivity index (χ3v) is 4.03. The van der Waals surface area contributed by atoms with Crippen LogP contribution in [0, 0.1) is 0 Å². The SMILES string of the molecule is CCC(O)(CC)CN=C(N)NCCc1ccc(OC)c(OC)c1. The zero-order valence-corrected chi connectivity index (χ0v) is 14.6. The van der Waals surface area contributed by atoms with Gasteiger partial charge < -0.3 is 25.6 Å². The minimum atomic E-state index is -0.768. The second-order valence-corrected chi connectivity index (χ2v) is 5.50. The molecule has 0 heterocycles. The van der Waals surface area contributed by atoms with Gasteiger partial charge in [0.05, 0.1) is 26.4 Å². The molecule has 0 aromatic heterocycles. The van der Waals surface area contributed by atoms with Gasteiger partial charge in [0, 0.05) is 6.54 Å². The van der Waals surface area contributed by atoms with Gasteiger partial charge in [-0.05, 0) is 37.0 Å². The number of nitrogens with zero attached hydrogens (tertiary/aromatic N) is 1. The Morgan fingerprint density at radius 3 is 2.43 bits per heavy atom. The van der Waals surface area contributed by atoms with Crippen molar-refractivity contribution >= 4 is 5.96 Å². The Bertz CT molecular complexity index is 514. The Morgan fingerprint density at radius 1 is 1.22 bits per heavy atom. The summed E-state index contributed by atoms with van der Waals surface area (Å²) in [7, 11) is 3.23. The molecule has 0 atom stereocenters. The normalized spacial score (nSPS) is 12.1. The number of methoxy groups -OCH3 is 2. The van der Waals surface area contributed by atoms with E-state index >= 15 is 0 Å². The molecule has 0 saturated carbocycles. The van der Waals surface area contributed by atoms with Gasteiger partial charge in [-0.15, -0.1) is 0 Å². The van der Waals surface area contributed by atoms with Gasteiger partial charge in [-0.25, -0.2) is 0 Å². The van der Waals surface area contributed by atoms with Gasteiger partial charge in [0.15, 0.2) is 17.5 Å². The first kappa shape index (κ1) is 19.1. The summed E-state index contributed by atoms with van der Waals surface area (Å²) in [5.41, 5.74) is 6.18. The van der Waals surface area contributed by atoms with E-state index < -0.39 is 5.60 Å². The molecule has 1 aromatic rings. The fraction of sp³-hybridized carbons (Fsp3) is 0.588. The number of nitrogens with two attached hydrogens (primary N) is 1. The second kappa shape index (κ2) is 9.25. The number of benzene rings is 1. The lowest BCUT2D eigenvalue weighted by atomic mass is 9.98. The van der Waals surface area contributed by atoms with Gasteiger partial charge in [0.2, 0.25) is 0 Å². The molecule has 0 bridgehead atoms. The Morgan fingerprint density at radius 2 is 1.87 bits per heavy atom. The van der Waals surface area contributed by atoms with Gasteiger partial charge >= 0.3 is 0 Å². The summed E-state index contributed by atoms with van der Waals surface area (Å²) in [6, 6.07) is 5.82. The van der Waals surface area contributed by atoms with Crippen molar-refractivity contribution in [2.75, 3.05) is 27.3 Å². The highest BCUT2D eigenvalue weighted by Gasteiger charge is 2.21. The molecule has 130 valence electrons. The molecule has 0 unspecified atom stereocenters. The minimum absolute atomic E-state index is 0.315. The maximum Gasteiger partial charge on any atom is 0.188 e. The zero-order chi connectivity index (χ0) is 17.3. The predicted molar refractivity (Wildman–Crippen MR) is 93.3 cm³/mol. The zero-order valence-electron chi connectivity index (χ0n) is 14.6. The molecule has 0 saturated heterocycles. The summed E-state index contributed by atoms with van der Waals surface area (Å²) in [5.74, 6) is 1.78. The lowest BCUT2D eigenvalue weighted by Gasteiger charge is -2.22. The van der Waals surface area contributed by atoms with Crippen molar-refractivity contribution in [2.45, 2.75) is 38.7 Å². The topological polar surface area (TPSA) is 89.1 Å². The number of ether oxygens (including phenoxy) is 2. The van der Waals surface area contributed by atoms with E-state index in [4.69, 9.17) is 15.2 Å². The molecular formula is C17H29N3O3. The lowest BCUT2D eigenvalue weighted by molar-refractivity contribution is 0.0418. The summed E-state index contributed by atoms with van der Waals surface area (Å²) in [6.45, 7) is 4.86. The van der Waals surface area contributed by atoms with Crippen LogP contribution >= 0.6 is 0 Å². The van der Waals surface area contributed by atoms with Crippen molar-refractivity contribution in [1.29, 1.82) is 0 Å². The quantitative estimate of drug-likeness (QED) is 0.475. The number of guanidine groups is 1. The fourth-order valence-electron chi connectivity index (χ4n) is 2.13. The first-order valence-electron chi connectivity index (χ1n) is 7.95. The molecule has 6 nitrogen and oxygen atoms in total. The Labute approximate surface area is 138 Å². The van der Waals surface area contributed by atoms with Gasteiger partial charge in [-0.2, -0.15) is 0 Å². The number of aliphatic imine (C=N–C) groups is 1. The standard InChI is InChI=1S/C17H29N3O3/c1-5-17(21,6-2)12-20-16(18)19-10-9-13-7-8-14(22-3)15(11-13)23-4/h7-8,11,21H,5-6,9-10,12H2,1-4H3,(H3,18,19,20). The van der Waals surface area contributed by atoms with E-state index in [1.54, 1.807) is 14.2 Å². The van der Waals surface area contributed by atoms with Crippen LogP contribution in [-0.4, -0.2) is 44.0 Å². The molecule has 0 amide bonds. The van der Waals surface area contributed by atoms with E-state index in [0.717, 1.165) is 12.0 Å². The molecule has 1 rings (SSSR count). The van der Waals surface area contributed by atoms with Gasteiger partial charge in [0.1, 0.15) is 0 Å². The highest BCUT2D eigenvalue weighted by Crippen LogP contribution is 2.27. The van der Waals surface area contributed by atoms with Crippen LogP contribution in [-0.2, 0) is 6.42 Å². The highest BCUT2D eigenvalue weighted by atomic mass is 16.5. The van der Waals surface area contributed by atoms with Crippen LogP contribution in [0.5, 0.6) is 11.5 Å². The van der Waals surface area contributed by atoms with Crippen LogP contribution in [0.4, 0.5) is 0 Å². The average molecular weight is 323 g/mol. The van der Waals surface area contributed by atoms with E-state index in [2.05, 4.69) is 10.3 Å². The first-order chi connectivity index (χ1) is 11.0. The predicted octanol–water partition coefficient (Wildman–Crippen LogP) is 1.70. The molecule has 0 aliphatic heterocycles. The second-order valence-electron chi connectivity index (χ2n) is 5.50. The van der Waals surface area contributed by atoms with Crippen LogP contribution in [0.25, 0.3) is 0 Å². The van der Waals surface area contributed by atoms with Crippen LogP contribution < -0.4 is 20.5 Å². The summed E-state index contributed by atoms with van der Waals surface area (Å²) >= 11 is 0. The van der Waals surface area contributed by atoms with E-state index in [-0.39, 0.29) is 0 Å². The van der Waals surface area contributed by atoms with Crippen LogP contribution in [0.1, 0.15) is 32.3 Å². The minimum Gasteiger partial charge on any atom is -0.493 e. The monoisotopic (exact) mass is 323 g/mol. The molecule has 1 aromatic carbocycles. The Hall–Kier alpha value is -1.95. The third kappa shape index (κ3) is 5.98. The third-order valence-electron chi connectivity index (χ3n) is 4.03. The summed E-state index contributed by atoms with van der Waals surface area (Å²) < 4.78 is 10.5. The molecule has 0 radical (unpaired) electrons. The van der Waals surface area contributed by atoms with E-state index in [1.165, 1.54) is 0 Å². The molecule has 4 N–H and O–H groups in total. The number of rotatable bonds is 9. The summed E-state index contributed by atoms with van der Waals surface area (Å²) in [6.07, 6.45) is 2.10. The number of aliphatic hydroxyl groups is 1. The Kier molecular flexibility index (Phi) is 7.68. The fourth-order valence-corrected chi connectivity index (χ4v) is 2.13. The van der Waals surface area contributed by atoms with Gasteiger partial charge in [-0.3, -0.25) is 4.99 Å².